The number of hydrogen-bond acceptors (Lipinski definition) is 3. The Morgan fingerprint density at radius 2 is 1.94 bits per heavy atom. The van der Waals surface area contributed by atoms with E-state index in [0.717, 1.165) is 38.0 Å². The van der Waals surface area contributed by atoms with Crippen molar-refractivity contribution in [2.45, 2.75) is 45.1 Å². The molecule has 18 heavy (non-hydrogen) atoms. The van der Waals surface area contributed by atoms with Crippen molar-refractivity contribution in [1.29, 1.82) is 0 Å². The highest BCUT2D eigenvalue weighted by molar-refractivity contribution is 5.77. The Morgan fingerprint density at radius 3 is 2.56 bits per heavy atom. The molecule has 104 valence electrons. The van der Waals surface area contributed by atoms with Crippen LogP contribution in [0.1, 0.15) is 39.0 Å². The zero-order valence-electron chi connectivity index (χ0n) is 11.6. The first-order valence-electron chi connectivity index (χ1n) is 7.50. The molecule has 2 N–H and O–H groups in total. The van der Waals surface area contributed by atoms with E-state index in [1.807, 2.05) is 0 Å². The smallest absolute Gasteiger partial charge is 0.234 e. The Kier molecular flexibility index (Phi) is 5.45. The van der Waals surface area contributed by atoms with E-state index >= 15 is 0 Å². The van der Waals surface area contributed by atoms with Gasteiger partial charge in [0.2, 0.25) is 5.91 Å². The van der Waals surface area contributed by atoms with E-state index in [-0.39, 0.29) is 5.91 Å². The van der Waals surface area contributed by atoms with Crippen LogP contribution < -0.4 is 10.6 Å². The van der Waals surface area contributed by atoms with Gasteiger partial charge in [0, 0.05) is 12.6 Å². The summed E-state index contributed by atoms with van der Waals surface area (Å²) < 4.78 is 0. The van der Waals surface area contributed by atoms with Crippen LogP contribution in [0.3, 0.4) is 0 Å². The van der Waals surface area contributed by atoms with Crippen LogP contribution in [0, 0.1) is 5.92 Å². The van der Waals surface area contributed by atoms with E-state index in [1.54, 1.807) is 0 Å². The standard InChI is InChI=1S/C14H27N3O/c1-2-7-15-14(18)11-17-8-5-12(6-9-17)10-16-13-3-4-13/h12-13,16H,2-11H2,1H3,(H,15,18). The second-order valence-electron chi connectivity index (χ2n) is 5.75. The van der Waals surface area contributed by atoms with Crippen molar-refractivity contribution in [1.82, 2.24) is 15.5 Å². The Labute approximate surface area is 110 Å². The van der Waals surface area contributed by atoms with Crippen molar-refractivity contribution in [3.63, 3.8) is 0 Å². The summed E-state index contributed by atoms with van der Waals surface area (Å²) in [6.07, 6.45) is 6.23. The third-order valence-electron chi connectivity index (χ3n) is 3.92. The van der Waals surface area contributed by atoms with Crippen molar-refractivity contribution in [2.75, 3.05) is 32.7 Å². The van der Waals surface area contributed by atoms with Gasteiger partial charge < -0.3 is 10.6 Å². The molecule has 1 saturated carbocycles. The number of nitrogens with zero attached hydrogens (tertiary/aromatic N) is 1. The molecule has 0 unspecified atom stereocenters. The molecule has 1 heterocycles. The van der Waals surface area contributed by atoms with Gasteiger partial charge >= 0.3 is 0 Å². The highest BCUT2D eigenvalue weighted by Crippen LogP contribution is 2.21. The summed E-state index contributed by atoms with van der Waals surface area (Å²) in [5.74, 6) is 1.01. The van der Waals surface area contributed by atoms with E-state index in [2.05, 4.69) is 22.5 Å². The van der Waals surface area contributed by atoms with Crippen molar-refractivity contribution < 1.29 is 4.79 Å². The minimum Gasteiger partial charge on any atom is -0.355 e. The predicted molar refractivity (Wildman–Crippen MR) is 73.5 cm³/mol. The quantitative estimate of drug-likeness (QED) is 0.711. The molecule has 0 bridgehead atoms. The van der Waals surface area contributed by atoms with Gasteiger partial charge in [-0.25, -0.2) is 0 Å². The Hall–Kier alpha value is -0.610. The Bertz CT molecular complexity index is 258. The fourth-order valence-electron chi connectivity index (χ4n) is 2.49. The minimum atomic E-state index is 0.186. The molecule has 1 amide bonds. The van der Waals surface area contributed by atoms with E-state index in [4.69, 9.17) is 0 Å². The maximum absolute atomic E-state index is 11.6. The first-order valence-corrected chi connectivity index (χ1v) is 7.50. The van der Waals surface area contributed by atoms with E-state index in [0.29, 0.717) is 6.54 Å². The molecular weight excluding hydrogens is 226 g/mol. The van der Waals surface area contributed by atoms with Crippen LogP contribution in [0.2, 0.25) is 0 Å². The first kappa shape index (κ1) is 13.8. The number of likely N-dealkylation sites (tertiary alicyclic amines) is 1. The summed E-state index contributed by atoms with van der Waals surface area (Å²) >= 11 is 0. The Morgan fingerprint density at radius 1 is 1.22 bits per heavy atom. The molecule has 0 aromatic carbocycles. The van der Waals surface area contributed by atoms with E-state index in [9.17, 15) is 4.79 Å². The molecule has 4 nitrogen and oxygen atoms in total. The van der Waals surface area contributed by atoms with Crippen molar-refractivity contribution >= 4 is 5.91 Å². The van der Waals surface area contributed by atoms with Gasteiger partial charge in [-0.1, -0.05) is 6.92 Å². The zero-order valence-corrected chi connectivity index (χ0v) is 11.6. The topological polar surface area (TPSA) is 44.4 Å². The highest BCUT2D eigenvalue weighted by atomic mass is 16.2. The third kappa shape index (κ3) is 4.94. The molecule has 1 saturated heterocycles. The number of rotatable bonds is 7. The monoisotopic (exact) mass is 253 g/mol. The first-order chi connectivity index (χ1) is 8.78. The molecule has 0 aromatic heterocycles. The number of nitrogens with one attached hydrogen (secondary N) is 2. The van der Waals surface area contributed by atoms with Crippen LogP contribution in [-0.4, -0.2) is 49.6 Å². The summed E-state index contributed by atoms with van der Waals surface area (Å²) in [5, 5.41) is 6.56. The highest BCUT2D eigenvalue weighted by Gasteiger charge is 2.24. The Balaban J connectivity index is 1.55. The number of amides is 1. The molecule has 4 heteroatoms. The molecule has 1 aliphatic heterocycles. The average Bonchev–Trinajstić information content (AvgIpc) is 3.20. The fraction of sp³-hybridized carbons (Fsp3) is 0.929. The van der Waals surface area contributed by atoms with Gasteiger partial charge in [0.05, 0.1) is 6.54 Å². The van der Waals surface area contributed by atoms with E-state index in [1.165, 1.54) is 32.2 Å². The largest absolute Gasteiger partial charge is 0.355 e. The van der Waals surface area contributed by atoms with Gasteiger partial charge in [-0.05, 0) is 57.7 Å². The molecule has 2 rings (SSSR count). The summed E-state index contributed by atoms with van der Waals surface area (Å²) in [5.41, 5.74) is 0. The third-order valence-corrected chi connectivity index (χ3v) is 3.92. The molecule has 0 aromatic rings. The van der Waals surface area contributed by atoms with Gasteiger partial charge in [-0.2, -0.15) is 0 Å². The fourth-order valence-corrected chi connectivity index (χ4v) is 2.49. The summed E-state index contributed by atoms with van der Waals surface area (Å²) in [6.45, 7) is 6.82. The second-order valence-corrected chi connectivity index (χ2v) is 5.75. The molecule has 0 radical (unpaired) electrons. The van der Waals surface area contributed by atoms with E-state index < -0.39 is 0 Å². The second kappa shape index (κ2) is 7.10. The summed E-state index contributed by atoms with van der Waals surface area (Å²) in [7, 11) is 0. The summed E-state index contributed by atoms with van der Waals surface area (Å²) in [4.78, 5) is 13.9. The van der Waals surface area contributed by atoms with Crippen LogP contribution in [0.4, 0.5) is 0 Å². The number of piperidine rings is 1. The van der Waals surface area contributed by atoms with Gasteiger partial charge in [0.15, 0.2) is 0 Å². The lowest BCUT2D eigenvalue weighted by Crippen LogP contribution is -2.43. The average molecular weight is 253 g/mol. The predicted octanol–water partition coefficient (Wildman–Crippen LogP) is 0.977. The molecule has 2 aliphatic rings. The summed E-state index contributed by atoms with van der Waals surface area (Å²) in [6, 6.07) is 0.822. The van der Waals surface area contributed by atoms with Crippen LogP contribution in [0.15, 0.2) is 0 Å². The molecule has 0 spiro atoms. The van der Waals surface area contributed by atoms with Crippen LogP contribution in [0.25, 0.3) is 0 Å². The number of carbonyl (C=O) groups excluding carboxylic acids is 1. The van der Waals surface area contributed by atoms with Gasteiger partial charge in [0.25, 0.3) is 0 Å². The molecule has 1 aliphatic carbocycles. The molecule has 2 fully saturated rings. The van der Waals surface area contributed by atoms with Crippen molar-refractivity contribution in [2.24, 2.45) is 5.92 Å². The SMILES string of the molecule is CCCNC(=O)CN1CCC(CNC2CC2)CC1. The van der Waals surface area contributed by atoms with Gasteiger partial charge in [-0.3, -0.25) is 9.69 Å². The lowest BCUT2D eigenvalue weighted by molar-refractivity contribution is -0.122. The molecular formula is C14H27N3O. The lowest BCUT2D eigenvalue weighted by atomic mass is 9.97. The maximum Gasteiger partial charge on any atom is 0.234 e. The van der Waals surface area contributed by atoms with Crippen molar-refractivity contribution in [3.8, 4) is 0 Å². The normalized spacial score (nSPS) is 22.1. The van der Waals surface area contributed by atoms with Gasteiger partial charge in [0.1, 0.15) is 0 Å². The van der Waals surface area contributed by atoms with Gasteiger partial charge in [-0.15, -0.1) is 0 Å². The zero-order chi connectivity index (χ0) is 12.8. The number of carbonyl (C=O) groups is 1. The van der Waals surface area contributed by atoms with Crippen LogP contribution in [0.5, 0.6) is 0 Å². The minimum absolute atomic E-state index is 0.186. The molecule has 0 atom stereocenters. The van der Waals surface area contributed by atoms with Crippen LogP contribution >= 0.6 is 0 Å². The number of hydrogen-bond donors (Lipinski definition) is 2. The lowest BCUT2D eigenvalue weighted by Gasteiger charge is -2.31. The maximum atomic E-state index is 11.6. The van der Waals surface area contributed by atoms with Crippen LogP contribution in [-0.2, 0) is 4.79 Å². The van der Waals surface area contributed by atoms with Crippen molar-refractivity contribution in [3.05, 3.63) is 0 Å².